The molecule has 0 radical (unpaired) electrons. The van der Waals surface area contributed by atoms with E-state index >= 15 is 0 Å². The second-order valence-corrected chi connectivity index (χ2v) is 7.73. The first-order chi connectivity index (χ1) is 10.5. The van der Waals surface area contributed by atoms with Crippen molar-refractivity contribution in [2.24, 2.45) is 10.8 Å². The van der Waals surface area contributed by atoms with Crippen LogP contribution in [0.25, 0.3) is 0 Å². The number of rotatable bonds is 13. The zero-order valence-corrected chi connectivity index (χ0v) is 15.4. The summed E-state index contributed by atoms with van der Waals surface area (Å²) >= 11 is 0. The molecule has 0 saturated carbocycles. The lowest BCUT2D eigenvalue weighted by Crippen LogP contribution is -2.23. The van der Waals surface area contributed by atoms with Crippen LogP contribution in [0.1, 0.15) is 79.1 Å². The summed E-state index contributed by atoms with van der Waals surface area (Å²) in [4.78, 5) is 22.1. The van der Waals surface area contributed by atoms with Crippen molar-refractivity contribution in [1.82, 2.24) is 0 Å². The van der Waals surface area contributed by atoms with E-state index in [-0.39, 0.29) is 6.10 Å². The van der Waals surface area contributed by atoms with E-state index in [0.29, 0.717) is 12.8 Å². The van der Waals surface area contributed by atoms with Crippen molar-refractivity contribution in [3.05, 3.63) is 0 Å². The highest BCUT2D eigenvalue weighted by Gasteiger charge is 2.27. The molecule has 0 aromatic carbocycles. The van der Waals surface area contributed by atoms with Gasteiger partial charge in [0.15, 0.2) is 0 Å². The first kappa shape index (κ1) is 21.9. The highest BCUT2D eigenvalue weighted by molar-refractivity contribution is 5.73. The van der Waals surface area contributed by atoms with Crippen LogP contribution in [0, 0.1) is 10.8 Å². The molecule has 0 aromatic heterocycles. The molecule has 0 spiro atoms. The summed E-state index contributed by atoms with van der Waals surface area (Å²) < 4.78 is 5.48. The van der Waals surface area contributed by atoms with E-state index < -0.39 is 22.8 Å². The van der Waals surface area contributed by atoms with Crippen molar-refractivity contribution >= 4 is 11.9 Å². The molecule has 0 aliphatic rings. The fourth-order valence-electron chi connectivity index (χ4n) is 2.47. The Bertz CT molecular complexity index is 340. The Kier molecular flexibility index (Phi) is 9.44. The molecular formula is C18H34O5. The summed E-state index contributed by atoms with van der Waals surface area (Å²) in [6.07, 6.45) is 7.04. The Balaban J connectivity index is 3.92. The fourth-order valence-corrected chi connectivity index (χ4v) is 2.47. The van der Waals surface area contributed by atoms with Gasteiger partial charge in [0.2, 0.25) is 0 Å². The summed E-state index contributed by atoms with van der Waals surface area (Å²) in [5.74, 6) is -1.50. The highest BCUT2D eigenvalue weighted by atomic mass is 16.5. The molecule has 5 nitrogen and oxygen atoms in total. The van der Waals surface area contributed by atoms with Gasteiger partial charge in [0, 0.05) is 7.11 Å². The molecule has 0 saturated heterocycles. The van der Waals surface area contributed by atoms with Crippen molar-refractivity contribution in [2.75, 3.05) is 7.11 Å². The molecule has 0 aliphatic carbocycles. The predicted octanol–water partition coefficient (Wildman–Crippen LogP) is 4.34. The van der Waals surface area contributed by atoms with Crippen LogP contribution in [0.3, 0.4) is 0 Å². The van der Waals surface area contributed by atoms with E-state index in [1.165, 1.54) is 0 Å². The predicted molar refractivity (Wildman–Crippen MR) is 90.6 cm³/mol. The number of hydrogen-bond donors (Lipinski definition) is 2. The standard InChI is InChI=1S/C18H34O5/c1-17(2,15(19)20)12-8-6-10-14(23-5)11-7-9-13-18(3,4)16(21)22/h14H,6-13H2,1-5H3,(H,19,20)(H,21,22). The van der Waals surface area contributed by atoms with Crippen LogP contribution < -0.4 is 0 Å². The molecule has 0 bridgehead atoms. The van der Waals surface area contributed by atoms with Crippen molar-refractivity contribution in [1.29, 1.82) is 0 Å². The lowest BCUT2D eigenvalue weighted by atomic mass is 9.86. The van der Waals surface area contributed by atoms with Crippen molar-refractivity contribution in [3.8, 4) is 0 Å². The summed E-state index contributed by atoms with van der Waals surface area (Å²) in [6, 6.07) is 0. The molecule has 0 unspecified atom stereocenters. The Morgan fingerprint density at radius 1 is 0.826 bits per heavy atom. The van der Waals surface area contributed by atoms with E-state index in [9.17, 15) is 9.59 Å². The fraction of sp³-hybridized carbons (Fsp3) is 0.889. The van der Waals surface area contributed by atoms with Crippen LogP contribution in [0.2, 0.25) is 0 Å². The zero-order chi connectivity index (χ0) is 18.1. The van der Waals surface area contributed by atoms with E-state index in [1.807, 2.05) is 0 Å². The molecule has 0 amide bonds. The maximum absolute atomic E-state index is 11.0. The average molecular weight is 330 g/mol. The van der Waals surface area contributed by atoms with Crippen molar-refractivity contribution < 1.29 is 24.5 Å². The maximum Gasteiger partial charge on any atom is 0.309 e. The number of aliphatic carboxylic acids is 2. The smallest absolute Gasteiger partial charge is 0.309 e. The molecule has 0 rings (SSSR count). The number of carbonyl (C=O) groups is 2. The molecule has 0 aliphatic heterocycles. The lowest BCUT2D eigenvalue weighted by Gasteiger charge is -2.21. The number of carboxylic acids is 2. The number of carboxylic acid groups (broad SMARTS) is 2. The highest BCUT2D eigenvalue weighted by Crippen LogP contribution is 2.26. The van der Waals surface area contributed by atoms with Crippen molar-refractivity contribution in [2.45, 2.75) is 85.2 Å². The maximum atomic E-state index is 11.0. The molecule has 0 atom stereocenters. The molecule has 2 N–H and O–H groups in total. The van der Waals surface area contributed by atoms with Gasteiger partial charge in [-0.15, -0.1) is 0 Å². The third kappa shape index (κ3) is 8.94. The minimum Gasteiger partial charge on any atom is -0.481 e. The van der Waals surface area contributed by atoms with Crippen LogP contribution in [-0.2, 0) is 14.3 Å². The molecule has 0 fully saturated rings. The van der Waals surface area contributed by atoms with Gasteiger partial charge in [-0.05, 0) is 53.4 Å². The normalized spacial score (nSPS) is 12.6. The van der Waals surface area contributed by atoms with Gasteiger partial charge in [-0.1, -0.05) is 25.7 Å². The van der Waals surface area contributed by atoms with Gasteiger partial charge >= 0.3 is 11.9 Å². The Morgan fingerprint density at radius 3 is 1.43 bits per heavy atom. The third-order valence-corrected chi connectivity index (χ3v) is 4.65. The van der Waals surface area contributed by atoms with Gasteiger partial charge in [-0.25, -0.2) is 0 Å². The number of hydrogen-bond acceptors (Lipinski definition) is 3. The molecule has 0 aromatic rings. The van der Waals surface area contributed by atoms with E-state index in [1.54, 1.807) is 34.8 Å². The van der Waals surface area contributed by atoms with Crippen LogP contribution in [0.15, 0.2) is 0 Å². The summed E-state index contributed by atoms with van der Waals surface area (Å²) in [7, 11) is 1.70. The van der Waals surface area contributed by atoms with E-state index in [4.69, 9.17) is 14.9 Å². The van der Waals surface area contributed by atoms with Crippen LogP contribution in [0.4, 0.5) is 0 Å². The van der Waals surface area contributed by atoms with Gasteiger partial charge in [-0.3, -0.25) is 9.59 Å². The van der Waals surface area contributed by atoms with E-state index in [0.717, 1.165) is 38.5 Å². The third-order valence-electron chi connectivity index (χ3n) is 4.65. The molecular weight excluding hydrogens is 296 g/mol. The van der Waals surface area contributed by atoms with Crippen molar-refractivity contribution in [3.63, 3.8) is 0 Å². The molecule has 23 heavy (non-hydrogen) atoms. The Morgan fingerprint density at radius 2 is 1.17 bits per heavy atom. The largest absolute Gasteiger partial charge is 0.481 e. The zero-order valence-electron chi connectivity index (χ0n) is 15.4. The van der Waals surface area contributed by atoms with Crippen LogP contribution >= 0.6 is 0 Å². The van der Waals surface area contributed by atoms with Gasteiger partial charge in [0.05, 0.1) is 16.9 Å². The van der Waals surface area contributed by atoms with Crippen LogP contribution in [0.5, 0.6) is 0 Å². The first-order valence-corrected chi connectivity index (χ1v) is 8.52. The quantitative estimate of drug-likeness (QED) is 0.491. The monoisotopic (exact) mass is 330 g/mol. The average Bonchev–Trinajstić information content (AvgIpc) is 2.45. The summed E-state index contributed by atoms with van der Waals surface area (Å²) in [5.41, 5.74) is -1.32. The van der Waals surface area contributed by atoms with E-state index in [2.05, 4.69) is 0 Å². The molecule has 0 heterocycles. The number of unbranched alkanes of at least 4 members (excludes halogenated alkanes) is 2. The Hall–Kier alpha value is -1.10. The van der Waals surface area contributed by atoms with Gasteiger partial charge in [0.1, 0.15) is 0 Å². The number of methoxy groups -OCH3 is 1. The summed E-state index contributed by atoms with van der Waals surface area (Å²) in [6.45, 7) is 7.03. The van der Waals surface area contributed by atoms with Gasteiger partial charge in [-0.2, -0.15) is 0 Å². The Labute approximate surface area is 140 Å². The lowest BCUT2D eigenvalue weighted by molar-refractivity contribution is -0.148. The second-order valence-electron chi connectivity index (χ2n) is 7.73. The molecule has 5 heteroatoms. The van der Waals surface area contributed by atoms with Gasteiger partial charge in [0.25, 0.3) is 0 Å². The minimum absolute atomic E-state index is 0.177. The topological polar surface area (TPSA) is 83.8 Å². The first-order valence-electron chi connectivity index (χ1n) is 8.52. The second kappa shape index (κ2) is 9.91. The SMILES string of the molecule is COC(CCCCC(C)(C)C(=O)O)CCCCC(C)(C)C(=O)O. The van der Waals surface area contributed by atoms with Crippen LogP contribution in [-0.4, -0.2) is 35.4 Å². The number of ether oxygens (including phenoxy) is 1. The molecule has 136 valence electrons. The summed E-state index contributed by atoms with van der Waals surface area (Å²) in [5, 5.41) is 18.2. The minimum atomic E-state index is -0.748. The van der Waals surface area contributed by atoms with Gasteiger partial charge < -0.3 is 14.9 Å².